The molecule has 0 spiro atoms. The first kappa shape index (κ1) is 12.0. The Morgan fingerprint density at radius 2 is 2.11 bits per heavy atom. The number of aromatic amines is 1. The van der Waals surface area contributed by atoms with Crippen LogP contribution < -0.4 is 0 Å². The molecule has 2 aromatic rings. The van der Waals surface area contributed by atoms with Crippen LogP contribution in [0.2, 0.25) is 0 Å². The monoisotopic (exact) mass is 241 g/mol. The van der Waals surface area contributed by atoms with E-state index in [1.807, 2.05) is 6.07 Å². The number of H-pyrrole nitrogens is 1. The zero-order valence-corrected chi connectivity index (χ0v) is 9.77. The van der Waals surface area contributed by atoms with E-state index in [2.05, 4.69) is 9.97 Å². The summed E-state index contributed by atoms with van der Waals surface area (Å²) < 4.78 is 0. The van der Waals surface area contributed by atoms with Crippen molar-refractivity contribution in [3.63, 3.8) is 0 Å². The molecule has 2 N–H and O–H groups in total. The Labute approximate surface area is 104 Å². The Bertz CT molecular complexity index is 621. The van der Waals surface area contributed by atoms with Crippen LogP contribution in [0.15, 0.2) is 24.3 Å². The number of hydrogen-bond acceptors (Lipinski definition) is 4. The predicted molar refractivity (Wildman–Crippen MR) is 63.8 cm³/mol. The van der Waals surface area contributed by atoms with Crippen LogP contribution in [0.25, 0.3) is 0 Å². The van der Waals surface area contributed by atoms with E-state index in [1.165, 1.54) is 0 Å². The van der Waals surface area contributed by atoms with Crippen molar-refractivity contribution in [2.24, 2.45) is 0 Å². The molecular weight excluding hydrogens is 230 g/mol. The molecule has 0 fully saturated rings. The summed E-state index contributed by atoms with van der Waals surface area (Å²) in [6, 6.07) is 8.31. The third-order valence-electron chi connectivity index (χ3n) is 2.63. The van der Waals surface area contributed by atoms with Crippen molar-refractivity contribution >= 4 is 5.78 Å². The normalized spacial score (nSPS) is 10.1. The number of aliphatic hydroxyl groups is 1. The fourth-order valence-electron chi connectivity index (χ4n) is 1.59. The van der Waals surface area contributed by atoms with E-state index in [0.717, 1.165) is 0 Å². The first-order valence-electron chi connectivity index (χ1n) is 5.37. The molecule has 1 aromatic heterocycles. The van der Waals surface area contributed by atoms with E-state index in [4.69, 9.17) is 10.4 Å². The zero-order valence-electron chi connectivity index (χ0n) is 9.77. The van der Waals surface area contributed by atoms with Crippen LogP contribution in [-0.4, -0.2) is 20.9 Å². The van der Waals surface area contributed by atoms with Gasteiger partial charge in [0.1, 0.15) is 0 Å². The smallest absolute Gasteiger partial charge is 0.228 e. The average molecular weight is 241 g/mol. The van der Waals surface area contributed by atoms with E-state index in [9.17, 15) is 4.79 Å². The molecule has 90 valence electrons. The molecular formula is C13H11N3O2. The standard InChI is InChI=1S/C13H11N3O2/c1-8-11(7-17)16-13(15-8)12(18)10-4-2-9(6-14)3-5-10/h2-5,17H,7H2,1H3,(H,15,16). The van der Waals surface area contributed by atoms with E-state index >= 15 is 0 Å². The van der Waals surface area contributed by atoms with Crippen LogP contribution in [0.4, 0.5) is 0 Å². The van der Waals surface area contributed by atoms with Gasteiger partial charge in [-0.3, -0.25) is 4.79 Å². The van der Waals surface area contributed by atoms with Crippen molar-refractivity contribution in [3.8, 4) is 6.07 Å². The lowest BCUT2D eigenvalue weighted by Gasteiger charge is -1.97. The second kappa shape index (κ2) is 4.82. The number of aliphatic hydroxyl groups excluding tert-OH is 1. The Balaban J connectivity index is 2.32. The zero-order chi connectivity index (χ0) is 13.1. The first-order valence-corrected chi connectivity index (χ1v) is 5.37. The SMILES string of the molecule is Cc1[nH]c(C(=O)c2ccc(C#N)cc2)nc1CO. The number of ketones is 1. The Hall–Kier alpha value is -2.45. The quantitative estimate of drug-likeness (QED) is 0.793. The van der Waals surface area contributed by atoms with Gasteiger partial charge in [0.15, 0.2) is 5.82 Å². The number of hydrogen-bond donors (Lipinski definition) is 2. The number of carbonyl (C=O) groups is 1. The summed E-state index contributed by atoms with van der Waals surface area (Å²) in [4.78, 5) is 18.9. The highest BCUT2D eigenvalue weighted by Crippen LogP contribution is 2.11. The van der Waals surface area contributed by atoms with Crippen molar-refractivity contribution < 1.29 is 9.90 Å². The molecule has 0 radical (unpaired) electrons. The average Bonchev–Trinajstić information content (AvgIpc) is 2.79. The van der Waals surface area contributed by atoms with Gasteiger partial charge in [-0.15, -0.1) is 0 Å². The van der Waals surface area contributed by atoms with Gasteiger partial charge in [-0.1, -0.05) is 0 Å². The number of rotatable bonds is 3. The number of nitrogens with one attached hydrogen (secondary N) is 1. The Morgan fingerprint density at radius 3 is 2.61 bits per heavy atom. The fraction of sp³-hybridized carbons (Fsp3) is 0.154. The van der Waals surface area contributed by atoms with Gasteiger partial charge in [0.25, 0.3) is 0 Å². The van der Waals surface area contributed by atoms with Crippen LogP contribution in [-0.2, 0) is 6.61 Å². The lowest BCUT2D eigenvalue weighted by atomic mass is 10.1. The molecule has 0 aliphatic heterocycles. The minimum atomic E-state index is -0.262. The molecule has 0 atom stereocenters. The third kappa shape index (κ3) is 2.14. The molecule has 0 saturated carbocycles. The molecule has 0 amide bonds. The van der Waals surface area contributed by atoms with Crippen LogP contribution in [0.1, 0.15) is 33.1 Å². The molecule has 0 aliphatic carbocycles. The third-order valence-corrected chi connectivity index (χ3v) is 2.63. The number of imidazole rings is 1. The van der Waals surface area contributed by atoms with Gasteiger partial charge in [-0.25, -0.2) is 4.98 Å². The van der Waals surface area contributed by atoms with Crippen LogP contribution in [0.5, 0.6) is 0 Å². The molecule has 18 heavy (non-hydrogen) atoms. The Kier molecular flexibility index (Phi) is 3.22. The largest absolute Gasteiger partial charge is 0.390 e. The number of carbonyl (C=O) groups excluding carboxylic acids is 1. The minimum absolute atomic E-state index is 0.196. The molecule has 5 nitrogen and oxygen atoms in total. The van der Waals surface area contributed by atoms with Crippen molar-refractivity contribution in [1.29, 1.82) is 5.26 Å². The molecule has 0 unspecified atom stereocenters. The summed E-state index contributed by atoms with van der Waals surface area (Å²) in [5.74, 6) is -0.0662. The number of nitriles is 1. The maximum absolute atomic E-state index is 12.1. The van der Waals surface area contributed by atoms with Crippen molar-refractivity contribution in [1.82, 2.24) is 9.97 Å². The summed E-state index contributed by atoms with van der Waals surface area (Å²) in [6.07, 6.45) is 0. The minimum Gasteiger partial charge on any atom is -0.390 e. The summed E-state index contributed by atoms with van der Waals surface area (Å²) in [5.41, 5.74) is 2.09. The van der Waals surface area contributed by atoms with E-state index < -0.39 is 0 Å². The van der Waals surface area contributed by atoms with Gasteiger partial charge in [0, 0.05) is 11.3 Å². The van der Waals surface area contributed by atoms with Crippen molar-refractivity contribution in [3.05, 3.63) is 52.6 Å². The fourth-order valence-corrected chi connectivity index (χ4v) is 1.59. The van der Waals surface area contributed by atoms with Crippen LogP contribution in [0.3, 0.4) is 0 Å². The van der Waals surface area contributed by atoms with Gasteiger partial charge >= 0.3 is 0 Å². The lowest BCUT2D eigenvalue weighted by molar-refractivity contribution is 0.103. The summed E-state index contributed by atoms with van der Waals surface area (Å²) in [6.45, 7) is 1.54. The van der Waals surface area contributed by atoms with E-state index in [-0.39, 0.29) is 18.2 Å². The summed E-state index contributed by atoms with van der Waals surface area (Å²) in [5, 5.41) is 17.7. The predicted octanol–water partition coefficient (Wildman–Crippen LogP) is 1.31. The second-order valence-corrected chi connectivity index (χ2v) is 3.83. The molecule has 1 heterocycles. The highest BCUT2D eigenvalue weighted by molar-refractivity contribution is 6.06. The Morgan fingerprint density at radius 1 is 1.44 bits per heavy atom. The van der Waals surface area contributed by atoms with Crippen molar-refractivity contribution in [2.45, 2.75) is 13.5 Å². The number of nitrogens with zero attached hydrogens (tertiary/aromatic N) is 2. The van der Waals surface area contributed by atoms with E-state index in [0.29, 0.717) is 22.5 Å². The highest BCUT2D eigenvalue weighted by Gasteiger charge is 2.15. The summed E-state index contributed by atoms with van der Waals surface area (Å²) >= 11 is 0. The van der Waals surface area contributed by atoms with Gasteiger partial charge in [0.2, 0.25) is 5.78 Å². The van der Waals surface area contributed by atoms with E-state index in [1.54, 1.807) is 31.2 Å². The molecule has 0 bridgehead atoms. The maximum Gasteiger partial charge on any atom is 0.228 e. The molecule has 2 rings (SSSR count). The molecule has 0 aliphatic rings. The first-order chi connectivity index (χ1) is 8.65. The number of aryl methyl sites for hydroxylation is 1. The summed E-state index contributed by atoms with van der Waals surface area (Å²) in [7, 11) is 0. The number of aromatic nitrogens is 2. The second-order valence-electron chi connectivity index (χ2n) is 3.83. The van der Waals surface area contributed by atoms with Crippen molar-refractivity contribution in [2.75, 3.05) is 0 Å². The number of benzene rings is 1. The van der Waals surface area contributed by atoms with Crippen LogP contribution in [0, 0.1) is 18.3 Å². The van der Waals surface area contributed by atoms with Gasteiger partial charge < -0.3 is 10.1 Å². The lowest BCUT2D eigenvalue weighted by Crippen LogP contribution is -2.03. The van der Waals surface area contributed by atoms with Gasteiger partial charge in [0.05, 0.1) is 23.9 Å². The molecule has 5 heteroatoms. The molecule has 1 aromatic carbocycles. The van der Waals surface area contributed by atoms with Gasteiger partial charge in [-0.05, 0) is 31.2 Å². The molecule has 0 saturated heterocycles. The van der Waals surface area contributed by atoms with Gasteiger partial charge in [-0.2, -0.15) is 5.26 Å². The highest BCUT2D eigenvalue weighted by atomic mass is 16.3. The van der Waals surface area contributed by atoms with Crippen LogP contribution >= 0.6 is 0 Å². The maximum atomic E-state index is 12.1. The topological polar surface area (TPSA) is 89.8 Å².